The number of likely N-dealkylation sites (N-methyl/N-ethyl adjacent to an activating group) is 1. The van der Waals surface area contributed by atoms with Gasteiger partial charge in [-0.1, -0.05) is 0 Å². The molecule has 0 aliphatic rings. The molecule has 17 heavy (non-hydrogen) atoms. The molecule has 0 amide bonds. The van der Waals surface area contributed by atoms with E-state index in [1.54, 1.807) is 0 Å². The summed E-state index contributed by atoms with van der Waals surface area (Å²) < 4.78 is 30.8. The summed E-state index contributed by atoms with van der Waals surface area (Å²) in [6.07, 6.45) is -0.391. The Morgan fingerprint density at radius 3 is 2.35 bits per heavy atom. The van der Waals surface area contributed by atoms with Crippen molar-refractivity contribution in [1.82, 2.24) is 4.90 Å². The molecule has 0 spiro atoms. The van der Waals surface area contributed by atoms with Crippen LogP contribution in [0.3, 0.4) is 0 Å². The highest BCUT2D eigenvalue weighted by molar-refractivity contribution is 7.47. The number of phosphoric ester groups is 1. The molecule has 0 aromatic heterocycles. The maximum absolute atomic E-state index is 11.4. The summed E-state index contributed by atoms with van der Waals surface area (Å²) >= 11 is 0. The smallest absolute Gasteiger partial charge is 0.382 e. The molecular formula is C9H22NO6P. The van der Waals surface area contributed by atoms with Crippen molar-refractivity contribution < 1.29 is 28.0 Å². The lowest BCUT2D eigenvalue weighted by Crippen LogP contribution is -2.23. The zero-order valence-electron chi connectivity index (χ0n) is 10.8. The first-order valence-corrected chi connectivity index (χ1v) is 6.69. The molecular weight excluding hydrogens is 249 g/mol. The van der Waals surface area contributed by atoms with Crippen LogP contribution in [0.2, 0.25) is 0 Å². The average molecular weight is 271 g/mol. The number of methoxy groups -OCH3 is 2. The molecule has 7 nitrogen and oxygen atoms in total. The van der Waals surface area contributed by atoms with E-state index in [0.717, 1.165) is 0 Å². The van der Waals surface area contributed by atoms with Gasteiger partial charge in [0.1, 0.15) is 6.10 Å². The molecule has 1 unspecified atom stereocenters. The molecule has 0 aromatic rings. The Hall–Kier alpha value is -0.0100. The fourth-order valence-corrected chi connectivity index (χ4v) is 1.66. The second-order valence-corrected chi connectivity index (χ2v) is 5.17. The van der Waals surface area contributed by atoms with Gasteiger partial charge in [-0.2, -0.15) is 0 Å². The number of rotatable bonds is 10. The molecule has 0 radical (unpaired) electrons. The van der Waals surface area contributed by atoms with Gasteiger partial charge in [0.25, 0.3) is 0 Å². The van der Waals surface area contributed by atoms with Gasteiger partial charge < -0.3 is 19.3 Å². The van der Waals surface area contributed by atoms with Crippen LogP contribution in [0.15, 0.2) is 0 Å². The third kappa shape index (κ3) is 9.67. The molecule has 0 saturated heterocycles. The Morgan fingerprint density at radius 2 is 1.88 bits per heavy atom. The Bertz CT molecular complexity index is 238. The average Bonchev–Trinajstić information content (AvgIpc) is 2.23. The van der Waals surface area contributed by atoms with E-state index < -0.39 is 13.9 Å². The van der Waals surface area contributed by atoms with Crippen LogP contribution in [-0.4, -0.2) is 70.6 Å². The molecule has 8 heteroatoms. The molecule has 0 aliphatic heterocycles. The highest BCUT2D eigenvalue weighted by Crippen LogP contribution is 2.43. The fraction of sp³-hybridized carbons (Fsp3) is 1.00. The van der Waals surface area contributed by atoms with E-state index in [1.165, 1.54) is 14.2 Å². The summed E-state index contributed by atoms with van der Waals surface area (Å²) in [4.78, 5) is 11.2. The molecule has 1 N–H and O–H groups in total. The van der Waals surface area contributed by atoms with Crippen molar-refractivity contribution in [3.8, 4) is 0 Å². The normalized spacial score (nSPS) is 17.1. The van der Waals surface area contributed by atoms with Crippen molar-refractivity contribution in [3.05, 3.63) is 0 Å². The highest BCUT2D eigenvalue weighted by Gasteiger charge is 2.23. The standard InChI is InChI=1S/C9H22NO6P/c1-10(2)5-6-15-17(11,12)16-8-9(14-4)7-13-3/h9H,5-8H2,1-4H3,(H,11,12)/t9-/m1/s1. The lowest BCUT2D eigenvalue weighted by atomic mass is 10.4. The molecule has 0 aromatic carbocycles. The largest absolute Gasteiger partial charge is 0.472 e. The van der Waals surface area contributed by atoms with Crippen LogP contribution in [0.1, 0.15) is 0 Å². The third-order valence-corrected chi connectivity index (χ3v) is 2.89. The molecule has 0 saturated carbocycles. The van der Waals surface area contributed by atoms with Crippen molar-refractivity contribution in [2.75, 3.05) is 54.7 Å². The first-order chi connectivity index (χ1) is 7.91. The summed E-state index contributed by atoms with van der Waals surface area (Å²) in [5, 5.41) is 0. The van der Waals surface area contributed by atoms with Crippen LogP contribution in [0.4, 0.5) is 0 Å². The first-order valence-electron chi connectivity index (χ1n) is 5.19. The molecule has 0 heterocycles. The predicted octanol–water partition coefficient (Wildman–Crippen LogP) is 0.343. The van der Waals surface area contributed by atoms with Crippen LogP contribution in [-0.2, 0) is 23.1 Å². The lowest BCUT2D eigenvalue weighted by Gasteiger charge is -2.18. The second kappa shape index (κ2) is 8.99. The van der Waals surface area contributed by atoms with Crippen LogP contribution < -0.4 is 0 Å². The monoisotopic (exact) mass is 271 g/mol. The van der Waals surface area contributed by atoms with Gasteiger partial charge in [-0.25, -0.2) is 4.57 Å². The van der Waals surface area contributed by atoms with Crippen molar-refractivity contribution in [2.24, 2.45) is 0 Å². The van der Waals surface area contributed by atoms with Gasteiger partial charge in [-0.15, -0.1) is 0 Å². The van der Waals surface area contributed by atoms with E-state index in [2.05, 4.69) is 0 Å². The summed E-state index contributed by atoms with van der Waals surface area (Å²) in [6, 6.07) is 0. The summed E-state index contributed by atoms with van der Waals surface area (Å²) in [5.41, 5.74) is 0. The van der Waals surface area contributed by atoms with Crippen molar-refractivity contribution in [1.29, 1.82) is 0 Å². The Kier molecular flexibility index (Phi) is 8.99. The topological polar surface area (TPSA) is 77.5 Å². The Labute approximate surface area is 102 Å². The third-order valence-electron chi connectivity index (χ3n) is 1.90. The minimum atomic E-state index is -4.00. The molecule has 0 fully saturated rings. The van der Waals surface area contributed by atoms with Crippen molar-refractivity contribution >= 4 is 7.82 Å². The van der Waals surface area contributed by atoms with E-state index >= 15 is 0 Å². The van der Waals surface area contributed by atoms with Crippen molar-refractivity contribution in [3.63, 3.8) is 0 Å². The fourth-order valence-electron chi connectivity index (χ4n) is 0.923. The number of hydrogen-bond acceptors (Lipinski definition) is 6. The zero-order chi connectivity index (χ0) is 13.3. The molecule has 0 aliphatic carbocycles. The quantitative estimate of drug-likeness (QED) is 0.574. The summed E-state index contributed by atoms with van der Waals surface area (Å²) in [6.45, 7) is 0.899. The van der Waals surface area contributed by atoms with Crippen LogP contribution in [0.25, 0.3) is 0 Å². The van der Waals surface area contributed by atoms with Crippen LogP contribution in [0.5, 0.6) is 0 Å². The van der Waals surface area contributed by atoms with E-state index in [0.29, 0.717) is 6.54 Å². The minimum Gasteiger partial charge on any atom is -0.382 e. The first kappa shape index (κ1) is 17.0. The predicted molar refractivity (Wildman–Crippen MR) is 63.0 cm³/mol. The lowest BCUT2D eigenvalue weighted by molar-refractivity contribution is -0.00825. The van der Waals surface area contributed by atoms with Gasteiger partial charge >= 0.3 is 7.82 Å². The molecule has 0 rings (SSSR count). The van der Waals surface area contributed by atoms with Gasteiger partial charge in [0.2, 0.25) is 0 Å². The van der Waals surface area contributed by atoms with Crippen LogP contribution >= 0.6 is 7.82 Å². The van der Waals surface area contributed by atoms with Gasteiger partial charge in [0.15, 0.2) is 0 Å². The number of ether oxygens (including phenoxy) is 2. The minimum absolute atomic E-state index is 0.0555. The second-order valence-electron chi connectivity index (χ2n) is 3.71. The molecule has 0 bridgehead atoms. The van der Waals surface area contributed by atoms with Gasteiger partial charge in [0.05, 0.1) is 19.8 Å². The summed E-state index contributed by atoms with van der Waals surface area (Å²) in [7, 11) is 2.66. The highest BCUT2D eigenvalue weighted by atomic mass is 31.2. The number of nitrogens with zero attached hydrogens (tertiary/aromatic N) is 1. The van der Waals surface area contributed by atoms with Gasteiger partial charge in [-0.05, 0) is 14.1 Å². The number of hydrogen-bond donors (Lipinski definition) is 1. The Balaban J connectivity index is 3.86. The molecule has 104 valence electrons. The molecule has 2 atom stereocenters. The maximum Gasteiger partial charge on any atom is 0.472 e. The van der Waals surface area contributed by atoms with E-state index in [4.69, 9.17) is 18.5 Å². The van der Waals surface area contributed by atoms with Gasteiger partial charge in [-0.3, -0.25) is 9.05 Å². The van der Waals surface area contributed by atoms with Crippen LogP contribution in [0, 0.1) is 0 Å². The summed E-state index contributed by atoms with van der Waals surface area (Å²) in [5.74, 6) is 0. The van der Waals surface area contributed by atoms with Gasteiger partial charge in [0, 0.05) is 20.8 Å². The maximum atomic E-state index is 11.4. The van der Waals surface area contributed by atoms with Crippen molar-refractivity contribution in [2.45, 2.75) is 6.10 Å². The number of phosphoric acid groups is 1. The van der Waals surface area contributed by atoms with E-state index in [1.807, 2.05) is 19.0 Å². The SMILES string of the molecule is COC[C@H](COP(=O)(O)OCCN(C)C)OC. The zero-order valence-corrected chi connectivity index (χ0v) is 11.7. The van der Waals surface area contributed by atoms with E-state index in [-0.39, 0.29) is 19.8 Å². The Morgan fingerprint density at radius 1 is 1.24 bits per heavy atom. The van der Waals surface area contributed by atoms with E-state index in [9.17, 15) is 9.46 Å².